The maximum absolute atomic E-state index is 13.6. The predicted molar refractivity (Wildman–Crippen MR) is 103 cm³/mol. The summed E-state index contributed by atoms with van der Waals surface area (Å²) in [7, 11) is 1.58. The van der Waals surface area contributed by atoms with Crippen molar-refractivity contribution < 1.29 is 18.7 Å². The average molecular weight is 383 g/mol. The number of methoxy groups -OCH3 is 1. The quantitative estimate of drug-likeness (QED) is 0.521. The molecule has 9 heteroatoms. The number of carbonyl (C=O) groups is 2. The van der Waals surface area contributed by atoms with Crippen LogP contribution < -0.4 is 20.8 Å². The van der Waals surface area contributed by atoms with Gasteiger partial charge >= 0.3 is 0 Å². The SMILES string of the molecule is COc1ccc(/C=N\NC2=N[C@@H](CC(=O)Nc3ccccc3F)C(=O)N2)cc1. The summed E-state index contributed by atoms with van der Waals surface area (Å²) in [6.45, 7) is 0. The Morgan fingerprint density at radius 3 is 2.75 bits per heavy atom. The summed E-state index contributed by atoms with van der Waals surface area (Å²) in [6.07, 6.45) is 1.33. The first kappa shape index (κ1) is 19.0. The molecule has 1 aliphatic rings. The van der Waals surface area contributed by atoms with Gasteiger partial charge in [0.05, 0.1) is 25.4 Å². The number of hydrogen-bond donors (Lipinski definition) is 3. The molecule has 0 saturated carbocycles. The number of carbonyl (C=O) groups excluding carboxylic acids is 2. The summed E-state index contributed by atoms with van der Waals surface area (Å²) in [5, 5.41) is 8.92. The number of guanidine groups is 1. The van der Waals surface area contributed by atoms with E-state index in [1.807, 2.05) is 12.1 Å². The molecule has 0 spiro atoms. The van der Waals surface area contributed by atoms with Gasteiger partial charge in [-0.05, 0) is 42.0 Å². The van der Waals surface area contributed by atoms with Crippen molar-refractivity contribution in [2.24, 2.45) is 10.1 Å². The second kappa shape index (κ2) is 8.76. The van der Waals surface area contributed by atoms with Gasteiger partial charge < -0.3 is 10.1 Å². The molecular weight excluding hydrogens is 365 g/mol. The molecule has 0 aromatic heterocycles. The van der Waals surface area contributed by atoms with Gasteiger partial charge in [-0.2, -0.15) is 5.10 Å². The van der Waals surface area contributed by atoms with E-state index in [-0.39, 0.29) is 18.1 Å². The van der Waals surface area contributed by atoms with E-state index < -0.39 is 23.7 Å². The Morgan fingerprint density at radius 1 is 1.29 bits per heavy atom. The van der Waals surface area contributed by atoms with Crippen LogP contribution in [-0.4, -0.2) is 37.1 Å². The van der Waals surface area contributed by atoms with E-state index in [9.17, 15) is 14.0 Å². The predicted octanol–water partition coefficient (Wildman–Crippen LogP) is 1.64. The molecule has 1 heterocycles. The van der Waals surface area contributed by atoms with Gasteiger partial charge in [0.15, 0.2) is 0 Å². The van der Waals surface area contributed by atoms with Crippen molar-refractivity contribution in [3.63, 3.8) is 0 Å². The van der Waals surface area contributed by atoms with Crippen LogP contribution in [0.25, 0.3) is 0 Å². The third-order valence-corrected chi connectivity index (χ3v) is 3.86. The van der Waals surface area contributed by atoms with Crippen LogP contribution in [0, 0.1) is 5.82 Å². The Bertz CT molecular complexity index is 927. The summed E-state index contributed by atoms with van der Waals surface area (Å²) < 4.78 is 18.6. The molecular formula is C19H18FN5O3. The number of aliphatic imine (C=N–C) groups is 1. The fourth-order valence-electron chi connectivity index (χ4n) is 2.44. The maximum atomic E-state index is 13.6. The maximum Gasteiger partial charge on any atom is 0.252 e. The monoisotopic (exact) mass is 383 g/mol. The minimum Gasteiger partial charge on any atom is -0.497 e. The van der Waals surface area contributed by atoms with E-state index in [2.05, 4.69) is 26.2 Å². The second-order valence-corrected chi connectivity index (χ2v) is 5.86. The van der Waals surface area contributed by atoms with Crippen LogP contribution in [0.4, 0.5) is 10.1 Å². The number of halogens is 1. The van der Waals surface area contributed by atoms with Gasteiger partial charge in [-0.25, -0.2) is 14.8 Å². The number of hydrogen-bond acceptors (Lipinski definition) is 6. The van der Waals surface area contributed by atoms with Crippen LogP contribution in [0.2, 0.25) is 0 Å². The van der Waals surface area contributed by atoms with E-state index in [4.69, 9.17) is 4.74 Å². The lowest BCUT2D eigenvalue weighted by molar-refractivity contribution is -0.123. The van der Waals surface area contributed by atoms with Crippen molar-refractivity contribution in [3.05, 3.63) is 59.9 Å². The Kier molecular flexibility index (Phi) is 5.95. The lowest BCUT2D eigenvalue weighted by Gasteiger charge is -2.07. The molecule has 2 aromatic rings. The fraction of sp³-hybridized carbons (Fsp3) is 0.158. The zero-order valence-corrected chi connectivity index (χ0v) is 15.0. The Balaban J connectivity index is 1.54. The molecule has 3 N–H and O–H groups in total. The highest BCUT2D eigenvalue weighted by molar-refractivity contribution is 6.07. The van der Waals surface area contributed by atoms with Crippen LogP contribution in [0.3, 0.4) is 0 Å². The molecule has 1 aliphatic heterocycles. The third kappa shape index (κ3) is 4.91. The summed E-state index contributed by atoms with van der Waals surface area (Å²) in [4.78, 5) is 28.1. The topological polar surface area (TPSA) is 104 Å². The first-order valence-electron chi connectivity index (χ1n) is 8.41. The normalized spacial score (nSPS) is 15.9. The number of amides is 2. The Morgan fingerprint density at radius 2 is 2.04 bits per heavy atom. The number of nitrogens with one attached hydrogen (secondary N) is 3. The van der Waals surface area contributed by atoms with Crippen molar-refractivity contribution in [3.8, 4) is 5.75 Å². The number of rotatable bonds is 6. The molecule has 0 saturated heterocycles. The molecule has 1 atom stereocenters. The Labute approximate surface area is 160 Å². The Hall–Kier alpha value is -3.75. The van der Waals surface area contributed by atoms with Crippen molar-refractivity contribution >= 4 is 29.7 Å². The standard InChI is InChI=1S/C19H18FN5O3/c1-28-13-8-6-12(7-9-13)11-21-25-19-23-16(18(27)24-19)10-17(26)22-15-5-3-2-4-14(15)20/h2-9,11,16H,10H2,1H3,(H,22,26)(H2,23,24,25,27)/b21-11-/t16-/m0/s1. The summed E-state index contributed by atoms with van der Waals surface area (Å²) in [6, 6.07) is 12.1. The summed E-state index contributed by atoms with van der Waals surface area (Å²) in [5.41, 5.74) is 3.49. The molecule has 0 unspecified atom stereocenters. The van der Waals surface area contributed by atoms with E-state index >= 15 is 0 Å². The lowest BCUT2D eigenvalue weighted by Crippen LogP contribution is -2.35. The number of hydrazone groups is 1. The largest absolute Gasteiger partial charge is 0.497 e. The highest BCUT2D eigenvalue weighted by Gasteiger charge is 2.28. The van der Waals surface area contributed by atoms with Gasteiger partial charge in [0.1, 0.15) is 17.6 Å². The highest BCUT2D eigenvalue weighted by atomic mass is 19.1. The summed E-state index contributed by atoms with van der Waals surface area (Å²) >= 11 is 0. The number of nitrogens with zero attached hydrogens (tertiary/aromatic N) is 2. The molecule has 3 rings (SSSR count). The summed E-state index contributed by atoms with van der Waals surface area (Å²) in [5.74, 6) is -0.638. The minimum atomic E-state index is -0.912. The third-order valence-electron chi connectivity index (χ3n) is 3.86. The van der Waals surface area contributed by atoms with Crippen LogP contribution in [-0.2, 0) is 9.59 Å². The zero-order valence-electron chi connectivity index (χ0n) is 15.0. The fourth-order valence-corrected chi connectivity index (χ4v) is 2.44. The number of benzene rings is 2. The average Bonchev–Trinajstić information content (AvgIpc) is 3.03. The van der Waals surface area contributed by atoms with Crippen molar-refractivity contribution in [2.75, 3.05) is 12.4 Å². The van der Waals surface area contributed by atoms with Gasteiger partial charge in [-0.1, -0.05) is 12.1 Å². The molecule has 28 heavy (non-hydrogen) atoms. The van der Waals surface area contributed by atoms with Gasteiger partial charge in [0.25, 0.3) is 5.91 Å². The second-order valence-electron chi connectivity index (χ2n) is 5.86. The molecule has 0 bridgehead atoms. The van der Waals surface area contributed by atoms with Crippen molar-refractivity contribution in [2.45, 2.75) is 12.5 Å². The van der Waals surface area contributed by atoms with Gasteiger partial charge in [0.2, 0.25) is 11.9 Å². The number of para-hydroxylation sites is 1. The first-order valence-corrected chi connectivity index (χ1v) is 8.41. The van der Waals surface area contributed by atoms with Crippen LogP contribution in [0.15, 0.2) is 58.6 Å². The smallest absolute Gasteiger partial charge is 0.252 e. The molecule has 0 aliphatic carbocycles. The molecule has 8 nitrogen and oxygen atoms in total. The minimum absolute atomic E-state index is 0.0531. The first-order chi connectivity index (χ1) is 13.5. The molecule has 144 valence electrons. The van der Waals surface area contributed by atoms with Crippen LogP contribution >= 0.6 is 0 Å². The van der Waals surface area contributed by atoms with Crippen LogP contribution in [0.5, 0.6) is 5.75 Å². The van der Waals surface area contributed by atoms with Gasteiger partial charge in [-0.3, -0.25) is 14.9 Å². The van der Waals surface area contributed by atoms with Gasteiger partial charge in [-0.15, -0.1) is 0 Å². The van der Waals surface area contributed by atoms with E-state index in [0.29, 0.717) is 0 Å². The van der Waals surface area contributed by atoms with Crippen molar-refractivity contribution in [1.29, 1.82) is 0 Å². The number of ether oxygens (including phenoxy) is 1. The van der Waals surface area contributed by atoms with E-state index in [1.165, 1.54) is 18.2 Å². The zero-order chi connectivity index (χ0) is 19.9. The molecule has 2 aromatic carbocycles. The van der Waals surface area contributed by atoms with Gasteiger partial charge in [0, 0.05) is 0 Å². The van der Waals surface area contributed by atoms with E-state index in [1.54, 1.807) is 31.5 Å². The molecule has 0 fully saturated rings. The van der Waals surface area contributed by atoms with Crippen LogP contribution in [0.1, 0.15) is 12.0 Å². The number of anilines is 1. The molecule has 0 radical (unpaired) electrons. The highest BCUT2D eigenvalue weighted by Crippen LogP contribution is 2.14. The lowest BCUT2D eigenvalue weighted by atomic mass is 10.2. The van der Waals surface area contributed by atoms with E-state index in [0.717, 1.165) is 11.3 Å². The van der Waals surface area contributed by atoms with Crippen molar-refractivity contribution in [1.82, 2.24) is 10.7 Å². The molecule has 2 amide bonds.